The van der Waals surface area contributed by atoms with Crippen LogP contribution in [0.1, 0.15) is 10.9 Å². The van der Waals surface area contributed by atoms with Gasteiger partial charge in [0.25, 0.3) is 5.91 Å². The third kappa shape index (κ3) is 2.04. The van der Waals surface area contributed by atoms with Crippen LogP contribution >= 0.6 is 11.3 Å². The first-order chi connectivity index (χ1) is 9.19. The SMILES string of the molecule is COc1cc2c(cc1F)NC(=O)C(c1cccs1)N2. The van der Waals surface area contributed by atoms with E-state index in [4.69, 9.17) is 4.74 Å². The first kappa shape index (κ1) is 12.0. The molecule has 0 spiro atoms. The summed E-state index contributed by atoms with van der Waals surface area (Å²) >= 11 is 1.49. The van der Waals surface area contributed by atoms with Gasteiger partial charge in [0.15, 0.2) is 11.6 Å². The van der Waals surface area contributed by atoms with Crippen LogP contribution in [0.2, 0.25) is 0 Å². The maximum atomic E-state index is 13.6. The molecule has 0 fully saturated rings. The molecule has 0 saturated heterocycles. The van der Waals surface area contributed by atoms with Crippen LogP contribution in [0.25, 0.3) is 0 Å². The Morgan fingerprint density at radius 3 is 2.89 bits per heavy atom. The van der Waals surface area contributed by atoms with Gasteiger partial charge in [0.05, 0.1) is 18.5 Å². The molecule has 2 N–H and O–H groups in total. The van der Waals surface area contributed by atoms with E-state index >= 15 is 0 Å². The molecule has 98 valence electrons. The maximum Gasteiger partial charge on any atom is 0.252 e. The zero-order valence-corrected chi connectivity index (χ0v) is 10.9. The molecular formula is C13H11FN2O2S. The number of hydrogen-bond acceptors (Lipinski definition) is 4. The van der Waals surface area contributed by atoms with E-state index in [2.05, 4.69) is 10.6 Å². The average molecular weight is 278 g/mol. The predicted octanol–water partition coefficient (Wildman–Crippen LogP) is 3.00. The number of anilines is 2. The van der Waals surface area contributed by atoms with Crippen LogP contribution in [0.5, 0.6) is 5.75 Å². The quantitative estimate of drug-likeness (QED) is 0.888. The molecular weight excluding hydrogens is 267 g/mol. The molecule has 1 aromatic heterocycles. The van der Waals surface area contributed by atoms with Gasteiger partial charge in [0.1, 0.15) is 6.04 Å². The molecule has 1 atom stereocenters. The van der Waals surface area contributed by atoms with Crippen molar-refractivity contribution < 1.29 is 13.9 Å². The van der Waals surface area contributed by atoms with Crippen LogP contribution in [-0.2, 0) is 4.79 Å². The van der Waals surface area contributed by atoms with Crippen LogP contribution in [0, 0.1) is 5.82 Å². The van der Waals surface area contributed by atoms with Gasteiger partial charge in [-0.15, -0.1) is 11.3 Å². The lowest BCUT2D eigenvalue weighted by atomic mass is 10.1. The number of thiophene rings is 1. The first-order valence-electron chi connectivity index (χ1n) is 5.67. The topological polar surface area (TPSA) is 50.4 Å². The van der Waals surface area contributed by atoms with E-state index in [0.717, 1.165) is 4.88 Å². The smallest absolute Gasteiger partial charge is 0.252 e. The third-order valence-electron chi connectivity index (χ3n) is 2.94. The Morgan fingerprint density at radius 2 is 2.21 bits per heavy atom. The Bertz CT molecular complexity index is 628. The predicted molar refractivity (Wildman–Crippen MR) is 72.3 cm³/mol. The molecule has 6 heteroatoms. The van der Waals surface area contributed by atoms with Gasteiger partial charge in [-0.1, -0.05) is 6.07 Å². The van der Waals surface area contributed by atoms with Gasteiger partial charge in [-0.3, -0.25) is 4.79 Å². The summed E-state index contributed by atoms with van der Waals surface area (Å²) in [6, 6.07) is 6.11. The van der Waals surface area contributed by atoms with Gasteiger partial charge in [-0.2, -0.15) is 0 Å². The minimum absolute atomic E-state index is 0.146. The number of carbonyl (C=O) groups is 1. The molecule has 0 saturated carbocycles. The van der Waals surface area contributed by atoms with Gasteiger partial charge in [0, 0.05) is 17.0 Å². The summed E-state index contributed by atoms with van der Waals surface area (Å²) in [6.07, 6.45) is 0. The van der Waals surface area contributed by atoms with Crippen molar-refractivity contribution in [1.29, 1.82) is 0 Å². The minimum atomic E-state index is -0.502. The Morgan fingerprint density at radius 1 is 1.37 bits per heavy atom. The normalized spacial score (nSPS) is 17.4. The second kappa shape index (κ2) is 4.55. The highest BCUT2D eigenvalue weighted by Crippen LogP contribution is 2.37. The lowest BCUT2D eigenvalue weighted by Crippen LogP contribution is -2.31. The number of methoxy groups -OCH3 is 1. The van der Waals surface area contributed by atoms with E-state index in [1.165, 1.54) is 24.5 Å². The molecule has 1 aromatic carbocycles. The van der Waals surface area contributed by atoms with Crippen molar-refractivity contribution in [2.75, 3.05) is 17.7 Å². The largest absolute Gasteiger partial charge is 0.494 e. The number of rotatable bonds is 2. The highest BCUT2D eigenvalue weighted by Gasteiger charge is 2.28. The molecule has 0 aliphatic carbocycles. The number of halogens is 1. The summed E-state index contributed by atoms with van der Waals surface area (Å²) in [5.41, 5.74) is 1.08. The second-order valence-corrected chi connectivity index (χ2v) is 5.09. The molecule has 1 aliphatic rings. The fourth-order valence-corrected chi connectivity index (χ4v) is 2.79. The lowest BCUT2D eigenvalue weighted by Gasteiger charge is -2.26. The zero-order valence-electron chi connectivity index (χ0n) is 10.1. The molecule has 1 aliphatic heterocycles. The van der Waals surface area contributed by atoms with Gasteiger partial charge in [-0.05, 0) is 11.4 Å². The Balaban J connectivity index is 2.00. The monoisotopic (exact) mass is 278 g/mol. The molecule has 1 unspecified atom stereocenters. The van der Waals surface area contributed by atoms with Gasteiger partial charge in [0.2, 0.25) is 0 Å². The fourth-order valence-electron chi connectivity index (χ4n) is 2.01. The standard InChI is InChI=1S/C13H11FN2O2S/c1-18-10-6-9-8(5-7(10)14)16-13(17)12(15-9)11-3-2-4-19-11/h2-6,12,15H,1H3,(H,16,17). The van der Waals surface area contributed by atoms with Crippen LogP contribution < -0.4 is 15.4 Å². The molecule has 19 heavy (non-hydrogen) atoms. The van der Waals surface area contributed by atoms with E-state index in [-0.39, 0.29) is 11.7 Å². The second-order valence-electron chi connectivity index (χ2n) is 4.11. The third-order valence-corrected chi connectivity index (χ3v) is 3.88. The molecule has 0 bridgehead atoms. The fraction of sp³-hybridized carbons (Fsp3) is 0.154. The number of nitrogens with one attached hydrogen (secondary N) is 2. The maximum absolute atomic E-state index is 13.6. The number of carbonyl (C=O) groups excluding carboxylic acids is 1. The van der Waals surface area contributed by atoms with Crippen molar-refractivity contribution in [3.05, 3.63) is 40.3 Å². The number of hydrogen-bond donors (Lipinski definition) is 2. The Hall–Kier alpha value is -2.08. The summed E-state index contributed by atoms with van der Waals surface area (Å²) in [4.78, 5) is 12.9. The molecule has 4 nitrogen and oxygen atoms in total. The minimum Gasteiger partial charge on any atom is -0.494 e. The number of fused-ring (bicyclic) bond motifs is 1. The van der Waals surface area contributed by atoms with Gasteiger partial charge >= 0.3 is 0 Å². The summed E-state index contributed by atoms with van der Waals surface area (Å²) in [5, 5.41) is 7.71. The van der Waals surface area contributed by atoms with Crippen molar-refractivity contribution >= 4 is 28.6 Å². The number of ether oxygens (including phenoxy) is 1. The highest BCUT2D eigenvalue weighted by molar-refractivity contribution is 7.10. The summed E-state index contributed by atoms with van der Waals surface area (Å²) < 4.78 is 18.5. The van der Waals surface area contributed by atoms with Crippen LogP contribution in [0.3, 0.4) is 0 Å². The van der Waals surface area contributed by atoms with E-state index < -0.39 is 11.9 Å². The van der Waals surface area contributed by atoms with Crippen molar-refractivity contribution in [3.63, 3.8) is 0 Å². The van der Waals surface area contributed by atoms with E-state index in [0.29, 0.717) is 11.4 Å². The molecule has 3 rings (SSSR count). The Kier molecular flexibility index (Phi) is 2.87. The number of amides is 1. The highest BCUT2D eigenvalue weighted by atomic mass is 32.1. The van der Waals surface area contributed by atoms with E-state index in [1.54, 1.807) is 6.07 Å². The Labute approximate surface area is 113 Å². The molecule has 0 radical (unpaired) electrons. The van der Waals surface area contributed by atoms with E-state index in [9.17, 15) is 9.18 Å². The van der Waals surface area contributed by atoms with Crippen molar-refractivity contribution in [3.8, 4) is 5.75 Å². The summed E-state index contributed by atoms with van der Waals surface area (Å²) in [7, 11) is 1.41. The van der Waals surface area contributed by atoms with Crippen molar-refractivity contribution in [2.24, 2.45) is 0 Å². The first-order valence-corrected chi connectivity index (χ1v) is 6.55. The molecule has 1 amide bonds. The van der Waals surface area contributed by atoms with E-state index in [1.807, 2.05) is 17.5 Å². The van der Waals surface area contributed by atoms with Gasteiger partial charge < -0.3 is 15.4 Å². The molecule has 2 heterocycles. The van der Waals surface area contributed by atoms with Crippen molar-refractivity contribution in [1.82, 2.24) is 0 Å². The van der Waals surface area contributed by atoms with Crippen molar-refractivity contribution in [2.45, 2.75) is 6.04 Å². The number of benzene rings is 1. The lowest BCUT2D eigenvalue weighted by molar-refractivity contribution is -0.117. The summed E-state index contributed by atoms with van der Waals surface area (Å²) in [5.74, 6) is -0.551. The van der Waals surface area contributed by atoms with Crippen LogP contribution in [-0.4, -0.2) is 13.0 Å². The van der Waals surface area contributed by atoms with Gasteiger partial charge in [-0.25, -0.2) is 4.39 Å². The van der Waals surface area contributed by atoms with Crippen LogP contribution in [0.4, 0.5) is 15.8 Å². The zero-order chi connectivity index (χ0) is 13.4. The average Bonchev–Trinajstić information content (AvgIpc) is 2.91. The summed E-state index contributed by atoms with van der Waals surface area (Å²) in [6.45, 7) is 0. The molecule has 2 aromatic rings. The van der Waals surface area contributed by atoms with Crippen LogP contribution in [0.15, 0.2) is 29.6 Å².